The molecule has 1 aromatic rings. The van der Waals surface area contributed by atoms with Crippen molar-refractivity contribution in [1.29, 1.82) is 0 Å². The van der Waals surface area contributed by atoms with Gasteiger partial charge in [0, 0.05) is 24.6 Å². The van der Waals surface area contributed by atoms with E-state index in [0.717, 1.165) is 6.08 Å². The van der Waals surface area contributed by atoms with Crippen molar-refractivity contribution in [3.63, 3.8) is 0 Å². The van der Waals surface area contributed by atoms with E-state index in [1.807, 2.05) is 0 Å². The number of ketones is 1. The van der Waals surface area contributed by atoms with E-state index in [9.17, 15) is 19.2 Å². The van der Waals surface area contributed by atoms with Crippen LogP contribution in [-0.2, 0) is 14.4 Å². The number of hydrogen-bond acceptors (Lipinski definition) is 5. The summed E-state index contributed by atoms with van der Waals surface area (Å²) in [4.78, 5) is 49.5. The minimum absolute atomic E-state index is 0.0114. The second-order valence-corrected chi connectivity index (χ2v) is 6.90. The summed E-state index contributed by atoms with van der Waals surface area (Å²) in [5, 5.41) is 5.21. The van der Waals surface area contributed by atoms with Crippen LogP contribution in [0.3, 0.4) is 0 Å². The Morgan fingerprint density at radius 3 is 2.71 bits per heavy atom. The van der Waals surface area contributed by atoms with E-state index >= 15 is 0 Å². The molecule has 1 unspecified atom stereocenters. The quantitative estimate of drug-likeness (QED) is 0.584. The van der Waals surface area contributed by atoms with E-state index in [4.69, 9.17) is 4.74 Å². The first-order valence-electron chi connectivity index (χ1n) is 9.23. The van der Waals surface area contributed by atoms with Gasteiger partial charge in [0.2, 0.25) is 11.8 Å². The molecule has 8 nitrogen and oxygen atoms in total. The number of ether oxygens (including phenoxy) is 1. The van der Waals surface area contributed by atoms with E-state index < -0.39 is 12.0 Å². The highest BCUT2D eigenvalue weighted by molar-refractivity contribution is 6.02. The first-order chi connectivity index (χ1) is 13.4. The van der Waals surface area contributed by atoms with Crippen LogP contribution in [0.1, 0.15) is 30.1 Å². The van der Waals surface area contributed by atoms with Crippen LogP contribution in [0.5, 0.6) is 5.75 Å². The van der Waals surface area contributed by atoms with Crippen molar-refractivity contribution in [2.75, 3.05) is 25.0 Å². The molecule has 0 aromatic heterocycles. The molecular weight excluding hydrogens is 362 g/mol. The fraction of sp³-hybridized carbons (Fsp3) is 0.400. The van der Waals surface area contributed by atoms with Crippen LogP contribution in [-0.4, -0.2) is 54.1 Å². The number of Topliss-reactive ketones (excluding diaryl/α,β-unsaturated/α-hetero) is 1. The SMILES string of the molecule is C=CC(=O)NCC(=O)N1CCC(C(=O)c2ccc3c(c2)NC(=O)C(C)O3)CC1. The van der Waals surface area contributed by atoms with Crippen molar-refractivity contribution in [2.24, 2.45) is 5.92 Å². The number of anilines is 1. The van der Waals surface area contributed by atoms with Gasteiger partial charge in [-0.1, -0.05) is 6.58 Å². The average molecular weight is 385 g/mol. The molecule has 1 fully saturated rings. The van der Waals surface area contributed by atoms with E-state index in [-0.39, 0.29) is 30.1 Å². The maximum absolute atomic E-state index is 12.8. The van der Waals surface area contributed by atoms with Gasteiger partial charge in [-0.25, -0.2) is 0 Å². The zero-order chi connectivity index (χ0) is 20.3. The minimum atomic E-state index is -0.563. The lowest BCUT2D eigenvalue weighted by Gasteiger charge is -2.31. The highest BCUT2D eigenvalue weighted by Gasteiger charge is 2.29. The Balaban J connectivity index is 1.58. The molecule has 2 heterocycles. The number of carbonyl (C=O) groups is 4. The average Bonchev–Trinajstić information content (AvgIpc) is 2.71. The number of benzene rings is 1. The third-order valence-electron chi connectivity index (χ3n) is 5.01. The molecule has 1 aromatic carbocycles. The molecule has 1 saturated heterocycles. The molecule has 3 rings (SSSR count). The first-order valence-corrected chi connectivity index (χ1v) is 9.23. The summed E-state index contributed by atoms with van der Waals surface area (Å²) >= 11 is 0. The number of nitrogens with zero attached hydrogens (tertiary/aromatic N) is 1. The lowest BCUT2D eigenvalue weighted by molar-refractivity contribution is -0.133. The van der Waals surface area contributed by atoms with Crippen LogP contribution in [0.2, 0.25) is 0 Å². The topological polar surface area (TPSA) is 105 Å². The van der Waals surface area contributed by atoms with Crippen LogP contribution in [0, 0.1) is 5.92 Å². The summed E-state index contributed by atoms with van der Waals surface area (Å²) in [6, 6.07) is 5.04. The van der Waals surface area contributed by atoms with Gasteiger partial charge in [0.05, 0.1) is 12.2 Å². The zero-order valence-corrected chi connectivity index (χ0v) is 15.7. The fourth-order valence-electron chi connectivity index (χ4n) is 3.34. The number of hydrogen-bond donors (Lipinski definition) is 2. The van der Waals surface area contributed by atoms with Crippen molar-refractivity contribution in [2.45, 2.75) is 25.9 Å². The molecule has 0 saturated carbocycles. The number of nitrogens with one attached hydrogen (secondary N) is 2. The zero-order valence-electron chi connectivity index (χ0n) is 15.7. The molecule has 28 heavy (non-hydrogen) atoms. The monoisotopic (exact) mass is 385 g/mol. The smallest absolute Gasteiger partial charge is 0.265 e. The van der Waals surface area contributed by atoms with Gasteiger partial charge in [-0.05, 0) is 44.0 Å². The molecule has 0 bridgehead atoms. The number of rotatable bonds is 5. The highest BCUT2D eigenvalue weighted by Crippen LogP contribution is 2.32. The largest absolute Gasteiger partial charge is 0.479 e. The molecule has 0 radical (unpaired) electrons. The van der Waals surface area contributed by atoms with Crippen LogP contribution >= 0.6 is 0 Å². The molecule has 8 heteroatoms. The summed E-state index contributed by atoms with van der Waals surface area (Å²) in [5.41, 5.74) is 1.01. The van der Waals surface area contributed by atoms with Gasteiger partial charge in [0.15, 0.2) is 11.9 Å². The van der Waals surface area contributed by atoms with Crippen molar-refractivity contribution < 1.29 is 23.9 Å². The lowest BCUT2D eigenvalue weighted by atomic mass is 9.88. The van der Waals surface area contributed by atoms with Gasteiger partial charge in [-0.15, -0.1) is 0 Å². The van der Waals surface area contributed by atoms with Crippen molar-refractivity contribution in [1.82, 2.24) is 10.2 Å². The maximum Gasteiger partial charge on any atom is 0.265 e. The summed E-state index contributed by atoms with van der Waals surface area (Å²) in [7, 11) is 0. The third-order valence-corrected chi connectivity index (χ3v) is 5.01. The minimum Gasteiger partial charge on any atom is -0.479 e. The molecule has 0 spiro atoms. The van der Waals surface area contributed by atoms with Gasteiger partial charge in [0.1, 0.15) is 5.75 Å². The Labute approximate surface area is 162 Å². The van der Waals surface area contributed by atoms with E-state index in [1.54, 1.807) is 30.0 Å². The summed E-state index contributed by atoms with van der Waals surface area (Å²) in [6.07, 6.45) is 1.66. The number of amides is 3. The fourth-order valence-corrected chi connectivity index (χ4v) is 3.34. The Morgan fingerprint density at radius 2 is 2.04 bits per heavy atom. The molecule has 2 N–H and O–H groups in total. The molecule has 2 aliphatic rings. The van der Waals surface area contributed by atoms with Crippen molar-refractivity contribution >= 4 is 29.2 Å². The van der Waals surface area contributed by atoms with Crippen molar-refractivity contribution in [3.05, 3.63) is 36.4 Å². The second-order valence-electron chi connectivity index (χ2n) is 6.90. The van der Waals surface area contributed by atoms with Gasteiger partial charge in [0.25, 0.3) is 5.91 Å². The Hall–Kier alpha value is -3.16. The summed E-state index contributed by atoms with van der Waals surface area (Å²) in [6.45, 7) is 5.84. The normalized spacial score (nSPS) is 19.1. The van der Waals surface area contributed by atoms with Crippen LogP contribution < -0.4 is 15.4 Å². The number of likely N-dealkylation sites (tertiary alicyclic amines) is 1. The maximum atomic E-state index is 12.8. The molecule has 0 aliphatic carbocycles. The number of fused-ring (bicyclic) bond motifs is 1. The molecule has 1 atom stereocenters. The second kappa shape index (κ2) is 8.24. The van der Waals surface area contributed by atoms with Crippen molar-refractivity contribution in [3.8, 4) is 5.75 Å². The highest BCUT2D eigenvalue weighted by atomic mass is 16.5. The Kier molecular flexibility index (Phi) is 5.77. The lowest BCUT2D eigenvalue weighted by Crippen LogP contribution is -2.44. The first kappa shape index (κ1) is 19.6. The van der Waals surface area contributed by atoms with Crippen LogP contribution in [0.25, 0.3) is 0 Å². The number of piperidine rings is 1. The van der Waals surface area contributed by atoms with Gasteiger partial charge < -0.3 is 20.3 Å². The Morgan fingerprint density at radius 1 is 1.32 bits per heavy atom. The molecule has 3 amide bonds. The summed E-state index contributed by atoms with van der Waals surface area (Å²) < 4.78 is 5.51. The standard InChI is InChI=1S/C20H23N3O5/c1-3-17(24)21-11-18(25)23-8-6-13(7-9-23)19(26)14-4-5-16-15(10-14)22-20(27)12(2)28-16/h3-5,10,12-13H,1,6-9,11H2,2H3,(H,21,24)(H,22,27). The summed E-state index contributed by atoms with van der Waals surface area (Å²) in [5.74, 6) is -0.468. The predicted octanol–water partition coefficient (Wildman–Crippen LogP) is 1.13. The van der Waals surface area contributed by atoms with Gasteiger partial charge in [-0.3, -0.25) is 19.2 Å². The van der Waals surface area contributed by atoms with E-state index in [1.165, 1.54) is 0 Å². The molecular formula is C20H23N3O5. The van der Waals surface area contributed by atoms with Crippen LogP contribution in [0.4, 0.5) is 5.69 Å². The van der Waals surface area contributed by atoms with E-state index in [0.29, 0.717) is 42.9 Å². The predicted molar refractivity (Wildman–Crippen MR) is 102 cm³/mol. The Bertz CT molecular complexity index is 827. The van der Waals surface area contributed by atoms with Gasteiger partial charge >= 0.3 is 0 Å². The van der Waals surface area contributed by atoms with Crippen LogP contribution in [0.15, 0.2) is 30.9 Å². The molecule has 148 valence electrons. The number of carbonyl (C=O) groups excluding carboxylic acids is 4. The van der Waals surface area contributed by atoms with E-state index in [2.05, 4.69) is 17.2 Å². The molecule has 2 aliphatic heterocycles. The van der Waals surface area contributed by atoms with Gasteiger partial charge in [-0.2, -0.15) is 0 Å². The third kappa shape index (κ3) is 4.21.